The van der Waals surface area contributed by atoms with Gasteiger partial charge in [-0.15, -0.1) is 0 Å². The molecule has 0 aliphatic rings. The Hall–Kier alpha value is -9.96. The predicted octanol–water partition coefficient (Wildman–Crippen LogP) is 19.3. The van der Waals surface area contributed by atoms with Gasteiger partial charge in [0.25, 0.3) is 0 Å². The molecule has 0 unspecified atom stereocenters. The molecule has 3 aromatic heterocycles. The van der Waals surface area contributed by atoms with Crippen LogP contribution in [0.25, 0.3) is 138 Å². The minimum absolute atomic E-state index is 1.16. The molecule has 350 valence electrons. The summed E-state index contributed by atoms with van der Waals surface area (Å²) in [5.41, 5.74) is 22.6. The highest BCUT2D eigenvalue weighted by Crippen LogP contribution is 2.41. The minimum atomic E-state index is 1.16. The summed E-state index contributed by atoms with van der Waals surface area (Å²) in [6.45, 7) is 0. The van der Waals surface area contributed by atoms with Crippen LogP contribution in [0.1, 0.15) is 0 Å². The summed E-state index contributed by atoms with van der Waals surface area (Å²) >= 11 is 0. The molecule has 3 heterocycles. The van der Waals surface area contributed by atoms with Crippen LogP contribution < -0.4 is 0 Å². The molecule has 0 spiro atoms. The topological polar surface area (TPSA) is 14.8 Å². The normalized spacial score (nSPS) is 11.7. The van der Waals surface area contributed by atoms with Gasteiger partial charge in [-0.1, -0.05) is 206 Å². The number of hydrogen-bond donors (Lipinski definition) is 0. The molecular formula is C72H47N3. The molecule has 0 amide bonds. The summed E-state index contributed by atoms with van der Waals surface area (Å²) in [5.74, 6) is 0. The van der Waals surface area contributed by atoms with Crippen molar-refractivity contribution in [3.63, 3.8) is 0 Å². The van der Waals surface area contributed by atoms with Crippen LogP contribution in [0.4, 0.5) is 0 Å². The highest BCUT2D eigenvalue weighted by atomic mass is 15.0. The summed E-state index contributed by atoms with van der Waals surface area (Å²) in [5, 5.41) is 7.53. The van der Waals surface area contributed by atoms with Crippen molar-refractivity contribution in [2.24, 2.45) is 0 Å². The Morgan fingerprint density at radius 2 is 0.467 bits per heavy atom. The van der Waals surface area contributed by atoms with Gasteiger partial charge >= 0.3 is 0 Å². The second kappa shape index (κ2) is 17.4. The first-order chi connectivity index (χ1) is 37.2. The fraction of sp³-hybridized carbons (Fsp3) is 0. The van der Waals surface area contributed by atoms with E-state index in [1.165, 1.54) is 121 Å². The van der Waals surface area contributed by atoms with Crippen LogP contribution in [0.3, 0.4) is 0 Å². The van der Waals surface area contributed by atoms with Crippen molar-refractivity contribution in [3.05, 3.63) is 285 Å². The van der Waals surface area contributed by atoms with Gasteiger partial charge in [-0.2, -0.15) is 0 Å². The SMILES string of the molecule is c1ccc(-c2ccccc2-n2c3ccc(-c4ccc(-c5ccc(-n6c7ccccc7c7ccccc76)cc5)cc4)cc3c3cc(-c4ccc(-c5ccc(-n6c7ccccc7c7ccccc76)cc5)cc4)ccc32)cc1. The third-order valence-electron chi connectivity index (χ3n) is 15.5. The summed E-state index contributed by atoms with van der Waals surface area (Å²) in [6, 6.07) is 104. The van der Waals surface area contributed by atoms with Crippen LogP contribution in [-0.4, -0.2) is 13.7 Å². The quantitative estimate of drug-likeness (QED) is 0.144. The van der Waals surface area contributed by atoms with E-state index >= 15 is 0 Å². The molecule has 3 nitrogen and oxygen atoms in total. The molecule has 0 saturated carbocycles. The van der Waals surface area contributed by atoms with Crippen molar-refractivity contribution in [2.75, 3.05) is 0 Å². The maximum Gasteiger partial charge on any atom is 0.0541 e. The number of aromatic nitrogens is 3. The van der Waals surface area contributed by atoms with Crippen molar-refractivity contribution < 1.29 is 0 Å². The zero-order chi connectivity index (χ0) is 49.4. The average molecular weight is 954 g/mol. The lowest BCUT2D eigenvalue weighted by atomic mass is 9.97. The minimum Gasteiger partial charge on any atom is -0.309 e. The van der Waals surface area contributed by atoms with Crippen molar-refractivity contribution in [1.82, 2.24) is 13.7 Å². The predicted molar refractivity (Wildman–Crippen MR) is 317 cm³/mol. The van der Waals surface area contributed by atoms with E-state index in [2.05, 4.69) is 299 Å². The molecule has 0 atom stereocenters. The molecule has 0 aliphatic heterocycles. The molecular weight excluding hydrogens is 907 g/mol. The lowest BCUT2D eigenvalue weighted by Crippen LogP contribution is -1.97. The van der Waals surface area contributed by atoms with Crippen LogP contribution in [0.2, 0.25) is 0 Å². The third kappa shape index (κ3) is 7.05. The van der Waals surface area contributed by atoms with E-state index < -0.39 is 0 Å². The number of rotatable bonds is 8. The number of fused-ring (bicyclic) bond motifs is 9. The molecule has 15 rings (SSSR count). The van der Waals surface area contributed by atoms with E-state index in [0.717, 1.165) is 17.1 Å². The van der Waals surface area contributed by atoms with E-state index in [1.54, 1.807) is 0 Å². The Morgan fingerprint density at radius 3 is 0.867 bits per heavy atom. The fourth-order valence-corrected chi connectivity index (χ4v) is 11.9. The molecule has 0 radical (unpaired) electrons. The monoisotopic (exact) mass is 953 g/mol. The van der Waals surface area contributed by atoms with Crippen molar-refractivity contribution in [1.29, 1.82) is 0 Å². The summed E-state index contributed by atoms with van der Waals surface area (Å²) < 4.78 is 7.20. The van der Waals surface area contributed by atoms with Crippen molar-refractivity contribution in [3.8, 4) is 72.7 Å². The van der Waals surface area contributed by atoms with E-state index in [0.29, 0.717) is 0 Å². The summed E-state index contributed by atoms with van der Waals surface area (Å²) in [7, 11) is 0. The van der Waals surface area contributed by atoms with Crippen LogP contribution in [0, 0.1) is 0 Å². The van der Waals surface area contributed by atoms with Gasteiger partial charge in [0.1, 0.15) is 0 Å². The van der Waals surface area contributed by atoms with Gasteiger partial charge in [-0.25, -0.2) is 0 Å². The molecule has 75 heavy (non-hydrogen) atoms. The number of benzene rings is 12. The van der Waals surface area contributed by atoms with E-state index in [4.69, 9.17) is 0 Å². The van der Waals surface area contributed by atoms with E-state index in [1.807, 2.05) is 0 Å². The molecule has 15 aromatic rings. The zero-order valence-electron chi connectivity index (χ0n) is 41.0. The second-order valence-corrected chi connectivity index (χ2v) is 19.7. The maximum atomic E-state index is 2.46. The molecule has 0 bridgehead atoms. The van der Waals surface area contributed by atoms with Crippen LogP contribution in [-0.2, 0) is 0 Å². The molecule has 3 heteroatoms. The van der Waals surface area contributed by atoms with Crippen LogP contribution in [0.15, 0.2) is 285 Å². The summed E-state index contributed by atoms with van der Waals surface area (Å²) in [4.78, 5) is 0. The Balaban J connectivity index is 0.780. The molecule has 0 N–H and O–H groups in total. The van der Waals surface area contributed by atoms with Gasteiger partial charge < -0.3 is 13.7 Å². The van der Waals surface area contributed by atoms with Gasteiger partial charge in [0.15, 0.2) is 0 Å². The molecule has 0 fully saturated rings. The lowest BCUT2D eigenvalue weighted by molar-refractivity contribution is 1.18. The van der Waals surface area contributed by atoms with Crippen molar-refractivity contribution >= 4 is 65.4 Å². The Morgan fingerprint density at radius 1 is 0.173 bits per heavy atom. The molecule has 0 saturated heterocycles. The van der Waals surface area contributed by atoms with Gasteiger partial charge in [-0.3, -0.25) is 0 Å². The molecule has 12 aromatic carbocycles. The largest absolute Gasteiger partial charge is 0.309 e. The zero-order valence-corrected chi connectivity index (χ0v) is 41.0. The van der Waals surface area contributed by atoms with Gasteiger partial charge in [-0.05, 0) is 129 Å². The maximum absolute atomic E-state index is 2.46. The number of nitrogens with zero attached hydrogens (tertiary/aromatic N) is 3. The lowest BCUT2D eigenvalue weighted by Gasteiger charge is -2.14. The third-order valence-corrected chi connectivity index (χ3v) is 15.5. The van der Waals surface area contributed by atoms with Crippen LogP contribution >= 0.6 is 0 Å². The van der Waals surface area contributed by atoms with E-state index in [9.17, 15) is 0 Å². The standard InChI is InChI=1S/C72H47N3/c1-2-14-54(15-3-1)59-16-4-9-21-66(59)75-71-44-38-55(52-30-26-48(27-31-52)50-34-40-57(41-35-50)73-67-22-10-5-17-60(67)61-18-6-11-23-68(61)73)46-64(71)65-47-56(39-45-72(65)75)53-32-28-49(29-33-53)51-36-42-58(43-37-51)74-69-24-12-7-19-62(69)63-20-8-13-25-70(63)74/h1-47H. The highest BCUT2D eigenvalue weighted by molar-refractivity contribution is 6.13. The highest BCUT2D eigenvalue weighted by Gasteiger charge is 2.19. The Labute approximate surface area is 434 Å². The van der Waals surface area contributed by atoms with Gasteiger partial charge in [0, 0.05) is 49.3 Å². The van der Waals surface area contributed by atoms with Crippen molar-refractivity contribution in [2.45, 2.75) is 0 Å². The number of para-hydroxylation sites is 5. The number of hydrogen-bond acceptors (Lipinski definition) is 0. The first-order valence-corrected chi connectivity index (χ1v) is 25.8. The Kier molecular flexibility index (Phi) is 9.89. The molecule has 0 aliphatic carbocycles. The first kappa shape index (κ1) is 42.7. The fourth-order valence-electron chi connectivity index (χ4n) is 11.9. The van der Waals surface area contributed by atoms with Crippen LogP contribution in [0.5, 0.6) is 0 Å². The average Bonchev–Trinajstić information content (AvgIpc) is 4.15. The first-order valence-electron chi connectivity index (χ1n) is 25.8. The van der Waals surface area contributed by atoms with Gasteiger partial charge in [0.05, 0.1) is 38.8 Å². The Bertz CT molecular complexity index is 4280. The smallest absolute Gasteiger partial charge is 0.0541 e. The van der Waals surface area contributed by atoms with Gasteiger partial charge in [0.2, 0.25) is 0 Å². The summed E-state index contributed by atoms with van der Waals surface area (Å²) in [6.07, 6.45) is 0. The second-order valence-electron chi connectivity index (χ2n) is 19.7. The van der Waals surface area contributed by atoms with E-state index in [-0.39, 0.29) is 0 Å².